The fraction of sp³-hybridized carbons (Fsp3) is 0.933. The van der Waals surface area contributed by atoms with E-state index < -0.39 is 5.56 Å². The number of ether oxygens (including phenoxy) is 1. The Hall–Kier alpha value is -0.440. The van der Waals surface area contributed by atoms with Crippen molar-refractivity contribution in [2.75, 3.05) is 0 Å². The monoisotopic (exact) mass is 285 g/mol. The largest absolute Gasteiger partial charge is 0.430 e. The summed E-state index contributed by atoms with van der Waals surface area (Å²) in [5.74, 6) is 0.764. The normalized spacial score (nSPS) is 48.9. The molecule has 0 spiro atoms. The Kier molecular flexibility index (Phi) is 2.87. The van der Waals surface area contributed by atoms with Crippen LogP contribution in [-0.2, 0) is 4.74 Å². The van der Waals surface area contributed by atoms with Crippen LogP contribution in [0.5, 0.6) is 0 Å². The first-order chi connectivity index (χ1) is 8.72. The van der Waals surface area contributed by atoms with Crippen molar-refractivity contribution < 1.29 is 9.53 Å². The SMILES string of the molecule is CC(Cl)OC(=O)NC12CC3CC(C)(CC(C)(C3)C1)C2. The summed E-state index contributed by atoms with van der Waals surface area (Å²) in [7, 11) is 0. The van der Waals surface area contributed by atoms with E-state index in [-0.39, 0.29) is 11.6 Å². The zero-order chi connectivity index (χ0) is 13.9. The van der Waals surface area contributed by atoms with Crippen molar-refractivity contribution in [1.29, 1.82) is 0 Å². The average molecular weight is 286 g/mol. The van der Waals surface area contributed by atoms with Crippen LogP contribution in [0.3, 0.4) is 0 Å². The Morgan fingerprint density at radius 2 is 1.79 bits per heavy atom. The fourth-order valence-corrected chi connectivity index (χ4v) is 6.06. The number of alkyl carbamates (subject to hydrolysis) is 1. The van der Waals surface area contributed by atoms with Gasteiger partial charge < -0.3 is 10.1 Å². The van der Waals surface area contributed by atoms with Crippen LogP contribution in [0.25, 0.3) is 0 Å². The van der Waals surface area contributed by atoms with Crippen LogP contribution in [0.1, 0.15) is 59.3 Å². The predicted molar refractivity (Wildman–Crippen MR) is 75.1 cm³/mol. The van der Waals surface area contributed by atoms with E-state index in [2.05, 4.69) is 19.2 Å². The van der Waals surface area contributed by atoms with Crippen LogP contribution in [0.2, 0.25) is 0 Å². The van der Waals surface area contributed by atoms with Gasteiger partial charge in [0.15, 0.2) is 5.56 Å². The van der Waals surface area contributed by atoms with Crippen molar-refractivity contribution in [3.8, 4) is 0 Å². The third-order valence-corrected chi connectivity index (χ3v) is 5.35. The van der Waals surface area contributed by atoms with Gasteiger partial charge in [-0.25, -0.2) is 4.79 Å². The summed E-state index contributed by atoms with van der Waals surface area (Å²) in [6, 6.07) is 0. The summed E-state index contributed by atoms with van der Waals surface area (Å²) in [6.45, 7) is 6.45. The number of alkyl halides is 1. The maximum Gasteiger partial charge on any atom is 0.409 e. The van der Waals surface area contributed by atoms with E-state index in [0.29, 0.717) is 10.8 Å². The molecule has 1 N–H and O–H groups in total. The molecule has 0 aromatic heterocycles. The van der Waals surface area contributed by atoms with Crippen molar-refractivity contribution in [2.24, 2.45) is 16.7 Å². The summed E-state index contributed by atoms with van der Waals surface area (Å²) >= 11 is 5.73. The minimum Gasteiger partial charge on any atom is -0.430 e. The zero-order valence-corrected chi connectivity index (χ0v) is 12.8. The zero-order valence-electron chi connectivity index (χ0n) is 12.1. The van der Waals surface area contributed by atoms with Gasteiger partial charge in [0.25, 0.3) is 0 Å². The molecule has 0 aromatic carbocycles. The van der Waals surface area contributed by atoms with Crippen LogP contribution < -0.4 is 5.32 Å². The van der Waals surface area contributed by atoms with Crippen molar-refractivity contribution in [1.82, 2.24) is 5.32 Å². The highest BCUT2D eigenvalue weighted by atomic mass is 35.5. The molecule has 19 heavy (non-hydrogen) atoms. The third-order valence-electron chi connectivity index (χ3n) is 5.26. The van der Waals surface area contributed by atoms with Gasteiger partial charge in [0.05, 0.1) is 0 Å². The van der Waals surface area contributed by atoms with E-state index in [0.717, 1.165) is 25.2 Å². The van der Waals surface area contributed by atoms with E-state index in [9.17, 15) is 4.79 Å². The standard InChI is InChI=1S/C15H24ClNO2/c1-10(16)19-12(18)17-15-6-11-4-13(2,8-15)7-14(3,5-11)9-15/h10-11H,4-9H2,1-3H3,(H,17,18). The molecule has 4 saturated carbocycles. The lowest BCUT2D eigenvalue weighted by Gasteiger charge is -2.65. The number of carbonyl (C=O) groups excluding carboxylic acids is 1. The molecule has 4 heteroatoms. The van der Waals surface area contributed by atoms with Gasteiger partial charge in [0.2, 0.25) is 0 Å². The second-order valence-corrected chi connectivity index (χ2v) is 8.60. The first-order valence-electron chi connectivity index (χ1n) is 7.35. The van der Waals surface area contributed by atoms with Gasteiger partial charge in [0, 0.05) is 5.54 Å². The fourth-order valence-electron chi connectivity index (χ4n) is 5.98. The topological polar surface area (TPSA) is 38.3 Å². The van der Waals surface area contributed by atoms with Crippen LogP contribution in [0.4, 0.5) is 4.79 Å². The first kappa shape index (κ1) is 13.5. The van der Waals surface area contributed by atoms with Gasteiger partial charge in [-0.3, -0.25) is 0 Å². The molecule has 4 aliphatic rings. The highest BCUT2D eigenvalue weighted by molar-refractivity contribution is 6.19. The maximum absolute atomic E-state index is 11.9. The Morgan fingerprint density at radius 1 is 1.21 bits per heavy atom. The Balaban J connectivity index is 1.79. The Bertz CT molecular complexity index is 391. The van der Waals surface area contributed by atoms with Gasteiger partial charge in [-0.1, -0.05) is 25.4 Å². The summed E-state index contributed by atoms with van der Waals surface area (Å²) in [6.07, 6.45) is 6.91. The average Bonchev–Trinajstić information content (AvgIpc) is 2.06. The molecule has 3 atom stereocenters. The number of hydrogen-bond donors (Lipinski definition) is 1. The second kappa shape index (κ2) is 4.03. The molecule has 4 aliphatic carbocycles. The molecular weight excluding hydrogens is 262 g/mol. The highest BCUT2D eigenvalue weighted by Crippen LogP contribution is 2.66. The first-order valence-corrected chi connectivity index (χ1v) is 7.78. The van der Waals surface area contributed by atoms with Crippen molar-refractivity contribution in [3.63, 3.8) is 0 Å². The lowest BCUT2D eigenvalue weighted by Crippen LogP contribution is -2.65. The molecule has 108 valence electrons. The van der Waals surface area contributed by atoms with Gasteiger partial charge in [0.1, 0.15) is 0 Å². The minimum absolute atomic E-state index is 0.0498. The Morgan fingerprint density at radius 3 is 2.26 bits per heavy atom. The maximum atomic E-state index is 11.9. The van der Waals surface area contributed by atoms with Gasteiger partial charge in [-0.05, 0) is 62.2 Å². The molecular formula is C15H24ClNO2. The molecule has 0 aliphatic heterocycles. The summed E-state index contributed by atoms with van der Waals surface area (Å²) < 4.78 is 5.07. The molecule has 1 amide bonds. The highest BCUT2D eigenvalue weighted by Gasteiger charge is 2.60. The lowest BCUT2D eigenvalue weighted by molar-refractivity contribution is -0.115. The molecule has 4 bridgehead atoms. The van der Waals surface area contributed by atoms with E-state index in [1.165, 1.54) is 19.3 Å². The minimum atomic E-state index is -0.569. The second-order valence-electron chi connectivity index (χ2n) is 7.98. The summed E-state index contributed by atoms with van der Waals surface area (Å²) in [5, 5.41) is 3.16. The van der Waals surface area contributed by atoms with Gasteiger partial charge in [-0.15, -0.1) is 0 Å². The Labute approximate surface area is 120 Å². The molecule has 0 heterocycles. The van der Waals surface area contributed by atoms with E-state index in [1.54, 1.807) is 6.92 Å². The number of amides is 1. The van der Waals surface area contributed by atoms with Gasteiger partial charge >= 0.3 is 6.09 Å². The summed E-state index contributed by atoms with van der Waals surface area (Å²) in [5.41, 5.74) is 0.175. The van der Waals surface area contributed by atoms with E-state index >= 15 is 0 Å². The van der Waals surface area contributed by atoms with Crippen LogP contribution in [-0.4, -0.2) is 17.2 Å². The molecule has 4 rings (SSSR count). The van der Waals surface area contributed by atoms with Crippen LogP contribution in [0.15, 0.2) is 0 Å². The smallest absolute Gasteiger partial charge is 0.409 e. The van der Waals surface area contributed by atoms with Gasteiger partial charge in [-0.2, -0.15) is 0 Å². The molecule has 0 aromatic rings. The lowest BCUT2D eigenvalue weighted by atomic mass is 9.43. The van der Waals surface area contributed by atoms with Crippen molar-refractivity contribution in [3.05, 3.63) is 0 Å². The number of hydrogen-bond acceptors (Lipinski definition) is 2. The molecule has 4 fully saturated rings. The summed E-state index contributed by atoms with van der Waals surface area (Å²) in [4.78, 5) is 11.9. The quantitative estimate of drug-likeness (QED) is 0.778. The van der Waals surface area contributed by atoms with Crippen LogP contribution in [0, 0.1) is 16.7 Å². The van der Waals surface area contributed by atoms with E-state index in [4.69, 9.17) is 16.3 Å². The van der Waals surface area contributed by atoms with E-state index in [1.807, 2.05) is 0 Å². The van der Waals surface area contributed by atoms with Crippen LogP contribution >= 0.6 is 11.6 Å². The number of halogens is 1. The number of carbonyl (C=O) groups is 1. The molecule has 3 nitrogen and oxygen atoms in total. The van der Waals surface area contributed by atoms with Crippen molar-refractivity contribution >= 4 is 17.7 Å². The molecule has 3 unspecified atom stereocenters. The predicted octanol–water partition coefficient (Wildman–Crippen LogP) is 4.05. The number of nitrogens with one attached hydrogen (secondary N) is 1. The van der Waals surface area contributed by atoms with Crippen molar-refractivity contribution in [2.45, 2.75) is 70.4 Å². The number of rotatable bonds is 2. The third kappa shape index (κ3) is 2.46. The molecule has 0 saturated heterocycles. The molecule has 0 radical (unpaired) electrons.